The zero-order valence-electron chi connectivity index (χ0n) is 20.6. The van der Waals surface area contributed by atoms with Gasteiger partial charge in [-0.1, -0.05) is 24.3 Å². The third kappa shape index (κ3) is 5.45. The maximum Gasteiger partial charge on any atom is 0.416 e. The van der Waals surface area contributed by atoms with Crippen LogP contribution in [-0.2, 0) is 15.7 Å². The minimum absolute atomic E-state index is 0.263. The van der Waals surface area contributed by atoms with Crippen LogP contribution in [0.3, 0.4) is 0 Å². The fourth-order valence-corrected chi connectivity index (χ4v) is 4.94. The summed E-state index contributed by atoms with van der Waals surface area (Å²) in [6.45, 7) is 2.65. The number of carbonyl (C=O) groups excluding carboxylic acids is 1. The lowest BCUT2D eigenvalue weighted by molar-refractivity contribution is -0.169. The maximum atomic E-state index is 14.3. The van der Waals surface area contributed by atoms with E-state index in [-0.39, 0.29) is 22.8 Å². The van der Waals surface area contributed by atoms with Gasteiger partial charge in [0.15, 0.2) is 5.79 Å². The molecule has 2 N–H and O–H groups in total. The van der Waals surface area contributed by atoms with Gasteiger partial charge in [-0.2, -0.15) is 13.2 Å². The average Bonchev–Trinajstić information content (AvgIpc) is 3.37. The van der Waals surface area contributed by atoms with Crippen molar-refractivity contribution in [2.45, 2.75) is 24.8 Å². The predicted molar refractivity (Wildman–Crippen MR) is 134 cm³/mol. The van der Waals surface area contributed by atoms with Crippen LogP contribution >= 0.6 is 0 Å². The van der Waals surface area contributed by atoms with E-state index in [1.807, 2.05) is 12.1 Å². The number of hydrogen-bond donors (Lipinski definition) is 2. The minimum atomic E-state index is -4.75. The van der Waals surface area contributed by atoms with Crippen LogP contribution in [-0.4, -0.2) is 49.1 Å². The normalized spacial score (nSPS) is 16.9. The third-order valence-corrected chi connectivity index (χ3v) is 6.95. The van der Waals surface area contributed by atoms with Crippen LogP contribution in [0.1, 0.15) is 39.1 Å². The summed E-state index contributed by atoms with van der Waals surface area (Å²) in [6.07, 6.45) is -3.29. The molecule has 0 aliphatic carbocycles. The lowest BCUT2D eigenvalue weighted by Gasteiger charge is -2.38. The molecule has 3 aromatic rings. The molecule has 11 heteroatoms. The molecule has 0 aromatic heterocycles. The molecule has 1 amide bonds. The molecule has 0 atom stereocenters. The second-order valence-electron chi connectivity index (χ2n) is 9.32. The van der Waals surface area contributed by atoms with Crippen LogP contribution in [0, 0.1) is 5.82 Å². The summed E-state index contributed by atoms with van der Waals surface area (Å²) in [5, 5.41) is 12.1. The number of carboxylic acids is 1. The topological polar surface area (TPSA) is 88.1 Å². The Kier molecular flexibility index (Phi) is 7.04. The van der Waals surface area contributed by atoms with Gasteiger partial charge >= 0.3 is 12.1 Å². The summed E-state index contributed by atoms with van der Waals surface area (Å²) < 4.78 is 64.3. The molecule has 2 aliphatic rings. The Hall–Kier alpha value is -3.96. The van der Waals surface area contributed by atoms with Gasteiger partial charge in [-0.25, -0.2) is 9.18 Å². The van der Waals surface area contributed by atoms with Crippen molar-refractivity contribution in [3.8, 4) is 11.1 Å². The molecule has 3 aromatic carbocycles. The lowest BCUT2D eigenvalue weighted by atomic mass is 9.94. The predicted octanol–water partition coefficient (Wildman–Crippen LogP) is 5.81. The van der Waals surface area contributed by atoms with Crippen molar-refractivity contribution < 1.29 is 41.7 Å². The van der Waals surface area contributed by atoms with E-state index in [9.17, 15) is 32.3 Å². The van der Waals surface area contributed by atoms with Crippen molar-refractivity contribution in [1.29, 1.82) is 0 Å². The Balaban J connectivity index is 1.37. The Labute approximate surface area is 220 Å². The van der Waals surface area contributed by atoms with Crippen LogP contribution in [0.4, 0.5) is 28.9 Å². The number of carboxylic acid groups (broad SMARTS) is 1. The number of nitrogens with one attached hydrogen (secondary N) is 1. The summed E-state index contributed by atoms with van der Waals surface area (Å²) >= 11 is 0. The SMILES string of the molecule is O=C(Nc1ccc(C(F)(F)F)cc1F)c1cccc(-c2ccc(N3CCC4(CC3)OCCO4)cc2)c1C(=O)O. The van der Waals surface area contributed by atoms with E-state index < -0.39 is 40.9 Å². The molecule has 204 valence electrons. The Morgan fingerprint density at radius 2 is 1.62 bits per heavy atom. The number of carbonyl (C=O) groups is 2. The molecule has 2 heterocycles. The summed E-state index contributed by atoms with van der Waals surface area (Å²) in [6, 6.07) is 13.2. The molecule has 2 fully saturated rings. The largest absolute Gasteiger partial charge is 0.478 e. The Bertz CT molecular complexity index is 1390. The highest BCUT2D eigenvalue weighted by molar-refractivity contribution is 6.13. The van der Waals surface area contributed by atoms with Gasteiger partial charge in [-0.3, -0.25) is 4.79 Å². The maximum absolute atomic E-state index is 14.3. The number of rotatable bonds is 5. The Morgan fingerprint density at radius 3 is 2.21 bits per heavy atom. The summed E-state index contributed by atoms with van der Waals surface area (Å²) in [7, 11) is 0. The lowest BCUT2D eigenvalue weighted by Crippen LogP contribution is -2.45. The monoisotopic (exact) mass is 544 g/mol. The van der Waals surface area contributed by atoms with E-state index in [0.29, 0.717) is 24.8 Å². The van der Waals surface area contributed by atoms with Crippen LogP contribution in [0.2, 0.25) is 0 Å². The number of piperidine rings is 1. The molecule has 0 bridgehead atoms. The van der Waals surface area contributed by atoms with Crippen LogP contribution < -0.4 is 10.2 Å². The van der Waals surface area contributed by atoms with Gasteiger partial charge in [-0.15, -0.1) is 0 Å². The molecule has 0 unspecified atom stereocenters. The second-order valence-corrected chi connectivity index (χ2v) is 9.32. The zero-order valence-corrected chi connectivity index (χ0v) is 20.6. The minimum Gasteiger partial charge on any atom is -0.478 e. The van der Waals surface area contributed by atoms with Crippen LogP contribution in [0.25, 0.3) is 11.1 Å². The molecule has 5 rings (SSSR count). The Morgan fingerprint density at radius 1 is 0.949 bits per heavy atom. The number of hydrogen-bond acceptors (Lipinski definition) is 5. The quantitative estimate of drug-likeness (QED) is 0.395. The van der Waals surface area contributed by atoms with E-state index in [1.165, 1.54) is 12.1 Å². The first-order chi connectivity index (χ1) is 18.6. The first-order valence-electron chi connectivity index (χ1n) is 12.2. The molecular formula is C28H24F4N2O5. The number of halogens is 4. The van der Waals surface area contributed by atoms with Crippen molar-refractivity contribution in [2.24, 2.45) is 0 Å². The van der Waals surface area contributed by atoms with E-state index in [0.717, 1.165) is 37.7 Å². The van der Waals surface area contributed by atoms with Crippen LogP contribution in [0.5, 0.6) is 0 Å². The molecule has 7 nitrogen and oxygen atoms in total. The van der Waals surface area contributed by atoms with Gasteiger partial charge in [-0.05, 0) is 47.5 Å². The smallest absolute Gasteiger partial charge is 0.416 e. The highest BCUT2D eigenvalue weighted by Gasteiger charge is 2.39. The van der Waals surface area contributed by atoms with Gasteiger partial charge in [0.1, 0.15) is 5.82 Å². The number of ether oxygens (including phenoxy) is 2. The number of amides is 1. The fraction of sp³-hybridized carbons (Fsp3) is 0.286. The van der Waals surface area contributed by atoms with Crippen molar-refractivity contribution >= 4 is 23.3 Å². The zero-order chi connectivity index (χ0) is 27.8. The molecular weight excluding hydrogens is 520 g/mol. The highest BCUT2D eigenvalue weighted by atomic mass is 19.4. The average molecular weight is 545 g/mol. The van der Waals surface area contributed by atoms with Crippen molar-refractivity contribution in [1.82, 2.24) is 0 Å². The highest BCUT2D eigenvalue weighted by Crippen LogP contribution is 2.35. The van der Waals surface area contributed by atoms with Crippen molar-refractivity contribution in [3.63, 3.8) is 0 Å². The van der Waals surface area contributed by atoms with Gasteiger partial charge in [0, 0.05) is 31.6 Å². The number of nitrogens with zero attached hydrogens (tertiary/aromatic N) is 1. The van der Waals surface area contributed by atoms with Crippen LogP contribution in [0.15, 0.2) is 60.7 Å². The van der Waals surface area contributed by atoms with Crippen molar-refractivity contribution in [2.75, 3.05) is 36.5 Å². The molecule has 2 aliphatic heterocycles. The fourth-order valence-electron chi connectivity index (χ4n) is 4.94. The van der Waals surface area contributed by atoms with Gasteiger partial charge < -0.3 is 24.8 Å². The van der Waals surface area contributed by atoms with E-state index in [1.54, 1.807) is 18.2 Å². The van der Waals surface area contributed by atoms with E-state index in [4.69, 9.17) is 9.47 Å². The second kappa shape index (κ2) is 10.3. The first-order valence-corrected chi connectivity index (χ1v) is 12.2. The van der Waals surface area contributed by atoms with Crippen molar-refractivity contribution in [3.05, 3.63) is 83.2 Å². The van der Waals surface area contributed by atoms with Gasteiger partial charge in [0.2, 0.25) is 0 Å². The number of aromatic carboxylic acids is 1. The molecule has 0 radical (unpaired) electrons. The molecule has 1 spiro atoms. The van der Waals surface area contributed by atoms with Gasteiger partial charge in [0.25, 0.3) is 5.91 Å². The van der Waals surface area contributed by atoms with Gasteiger partial charge in [0.05, 0.1) is 35.6 Å². The summed E-state index contributed by atoms with van der Waals surface area (Å²) in [5.41, 5.74) is -0.543. The van der Waals surface area contributed by atoms with E-state index in [2.05, 4.69) is 10.2 Å². The number of benzene rings is 3. The van der Waals surface area contributed by atoms with E-state index >= 15 is 0 Å². The molecule has 0 saturated carbocycles. The molecule has 2 saturated heterocycles. The number of anilines is 2. The number of alkyl halides is 3. The standard InChI is InChI=1S/C28H24F4N2O5/c29-22-16-18(28(30,31)32)6-9-23(22)33-25(35)21-3-1-2-20(24(21)26(36)37)17-4-7-19(8-5-17)34-12-10-27(11-13-34)38-14-15-39-27/h1-9,16H,10-15H2,(H,33,35)(H,36,37). The summed E-state index contributed by atoms with van der Waals surface area (Å²) in [5.74, 6) is -4.15. The molecule has 39 heavy (non-hydrogen) atoms. The summed E-state index contributed by atoms with van der Waals surface area (Å²) in [4.78, 5) is 27.3. The third-order valence-electron chi connectivity index (χ3n) is 6.95. The first kappa shape index (κ1) is 26.6.